The molecule has 1 atom stereocenters. The van der Waals surface area contributed by atoms with Gasteiger partial charge in [0.1, 0.15) is 5.75 Å². The van der Waals surface area contributed by atoms with Gasteiger partial charge in [0.25, 0.3) is 0 Å². The van der Waals surface area contributed by atoms with Crippen LogP contribution in [0.25, 0.3) is 0 Å². The zero-order chi connectivity index (χ0) is 11.5. The van der Waals surface area contributed by atoms with Crippen molar-refractivity contribution in [1.82, 2.24) is 5.32 Å². The summed E-state index contributed by atoms with van der Waals surface area (Å²) in [6, 6.07) is 6.66. The second-order valence-electron chi connectivity index (χ2n) is 4.47. The van der Waals surface area contributed by atoms with E-state index in [1.165, 1.54) is 18.4 Å². The maximum absolute atomic E-state index is 5.22. The van der Waals surface area contributed by atoms with Crippen LogP contribution in [0.1, 0.15) is 31.4 Å². The number of ether oxygens (including phenoxy) is 1. The van der Waals surface area contributed by atoms with Gasteiger partial charge in [-0.05, 0) is 65.9 Å². The van der Waals surface area contributed by atoms with E-state index >= 15 is 0 Å². The number of benzene rings is 1. The SMILES string of the molecule is COc1ccc(C(C)NCC2CC2)cc1Br. The van der Waals surface area contributed by atoms with Crippen LogP contribution in [-0.4, -0.2) is 13.7 Å². The van der Waals surface area contributed by atoms with Crippen molar-refractivity contribution < 1.29 is 4.74 Å². The summed E-state index contributed by atoms with van der Waals surface area (Å²) in [5.74, 6) is 1.81. The molecule has 2 rings (SSSR count). The number of methoxy groups -OCH3 is 1. The van der Waals surface area contributed by atoms with Gasteiger partial charge >= 0.3 is 0 Å². The Morgan fingerprint density at radius 1 is 1.50 bits per heavy atom. The molecule has 1 saturated carbocycles. The van der Waals surface area contributed by atoms with Crippen LogP contribution in [0.5, 0.6) is 5.75 Å². The first-order chi connectivity index (χ1) is 7.70. The molecule has 0 aliphatic heterocycles. The van der Waals surface area contributed by atoms with E-state index in [2.05, 4.69) is 40.3 Å². The average Bonchev–Trinajstić information content (AvgIpc) is 3.09. The molecule has 1 N–H and O–H groups in total. The van der Waals surface area contributed by atoms with E-state index in [4.69, 9.17) is 4.74 Å². The lowest BCUT2D eigenvalue weighted by Gasteiger charge is -2.15. The molecule has 0 saturated heterocycles. The highest BCUT2D eigenvalue weighted by atomic mass is 79.9. The molecular formula is C13H18BrNO. The van der Waals surface area contributed by atoms with Crippen LogP contribution in [0.15, 0.2) is 22.7 Å². The maximum atomic E-state index is 5.22. The normalized spacial score (nSPS) is 17.2. The van der Waals surface area contributed by atoms with Gasteiger partial charge in [-0.1, -0.05) is 6.07 Å². The summed E-state index contributed by atoms with van der Waals surface area (Å²) in [6.45, 7) is 3.35. The van der Waals surface area contributed by atoms with Crippen LogP contribution in [0, 0.1) is 5.92 Å². The summed E-state index contributed by atoms with van der Waals surface area (Å²) in [4.78, 5) is 0. The van der Waals surface area contributed by atoms with Crippen molar-refractivity contribution in [3.8, 4) is 5.75 Å². The highest BCUT2D eigenvalue weighted by Gasteiger charge is 2.21. The third kappa shape index (κ3) is 2.98. The van der Waals surface area contributed by atoms with Gasteiger partial charge < -0.3 is 10.1 Å². The van der Waals surface area contributed by atoms with Crippen molar-refractivity contribution in [1.29, 1.82) is 0 Å². The van der Waals surface area contributed by atoms with E-state index in [0.717, 1.165) is 22.7 Å². The molecule has 1 aromatic rings. The number of hydrogen-bond donors (Lipinski definition) is 1. The Bertz CT molecular complexity index is 363. The molecule has 0 amide bonds. The third-order valence-corrected chi connectivity index (χ3v) is 3.71. The fourth-order valence-corrected chi connectivity index (χ4v) is 2.29. The average molecular weight is 284 g/mol. The third-order valence-electron chi connectivity index (χ3n) is 3.09. The van der Waals surface area contributed by atoms with Gasteiger partial charge in [-0.25, -0.2) is 0 Å². The van der Waals surface area contributed by atoms with Crippen LogP contribution >= 0.6 is 15.9 Å². The van der Waals surface area contributed by atoms with E-state index in [0.29, 0.717) is 6.04 Å². The van der Waals surface area contributed by atoms with Gasteiger partial charge in [0.05, 0.1) is 11.6 Å². The molecule has 3 heteroatoms. The Kier molecular flexibility index (Phi) is 3.87. The first-order valence-corrected chi connectivity index (χ1v) is 6.57. The molecule has 0 aromatic heterocycles. The highest BCUT2D eigenvalue weighted by Crippen LogP contribution is 2.30. The number of nitrogens with one attached hydrogen (secondary N) is 1. The maximum Gasteiger partial charge on any atom is 0.133 e. The molecular weight excluding hydrogens is 266 g/mol. The molecule has 1 aromatic carbocycles. The summed E-state index contributed by atoms with van der Waals surface area (Å²) >= 11 is 3.52. The summed E-state index contributed by atoms with van der Waals surface area (Å²) < 4.78 is 6.24. The van der Waals surface area contributed by atoms with Crippen LogP contribution in [0.4, 0.5) is 0 Å². The Balaban J connectivity index is 1.98. The van der Waals surface area contributed by atoms with E-state index < -0.39 is 0 Å². The lowest BCUT2D eigenvalue weighted by molar-refractivity contribution is 0.411. The molecule has 1 unspecified atom stereocenters. The van der Waals surface area contributed by atoms with Crippen molar-refractivity contribution in [2.45, 2.75) is 25.8 Å². The zero-order valence-corrected chi connectivity index (χ0v) is 11.4. The largest absolute Gasteiger partial charge is 0.496 e. The van der Waals surface area contributed by atoms with E-state index in [9.17, 15) is 0 Å². The molecule has 88 valence electrons. The second kappa shape index (κ2) is 5.19. The van der Waals surface area contributed by atoms with Gasteiger partial charge in [0.2, 0.25) is 0 Å². The standard InChI is InChI=1S/C13H18BrNO/c1-9(15-8-10-3-4-10)11-5-6-13(16-2)12(14)7-11/h5-7,9-10,15H,3-4,8H2,1-2H3. The summed E-state index contributed by atoms with van der Waals surface area (Å²) in [6.07, 6.45) is 2.79. The Morgan fingerprint density at radius 2 is 2.25 bits per heavy atom. The molecule has 1 aliphatic rings. The molecule has 1 fully saturated rings. The Morgan fingerprint density at radius 3 is 2.81 bits per heavy atom. The number of hydrogen-bond acceptors (Lipinski definition) is 2. The molecule has 0 spiro atoms. The highest BCUT2D eigenvalue weighted by molar-refractivity contribution is 9.10. The van der Waals surface area contributed by atoms with Crippen molar-refractivity contribution in [2.75, 3.05) is 13.7 Å². The minimum Gasteiger partial charge on any atom is -0.496 e. The van der Waals surface area contributed by atoms with Crippen LogP contribution < -0.4 is 10.1 Å². The van der Waals surface area contributed by atoms with Crippen molar-refractivity contribution in [3.63, 3.8) is 0 Å². The van der Waals surface area contributed by atoms with E-state index in [1.54, 1.807) is 7.11 Å². The van der Waals surface area contributed by atoms with Crippen molar-refractivity contribution in [3.05, 3.63) is 28.2 Å². The van der Waals surface area contributed by atoms with Crippen LogP contribution in [0.2, 0.25) is 0 Å². The van der Waals surface area contributed by atoms with Crippen molar-refractivity contribution >= 4 is 15.9 Å². The Labute approximate surface area is 106 Å². The first kappa shape index (κ1) is 11.9. The predicted molar refractivity (Wildman–Crippen MR) is 69.8 cm³/mol. The monoisotopic (exact) mass is 283 g/mol. The molecule has 2 nitrogen and oxygen atoms in total. The quantitative estimate of drug-likeness (QED) is 0.893. The van der Waals surface area contributed by atoms with Crippen LogP contribution in [0.3, 0.4) is 0 Å². The van der Waals surface area contributed by atoms with Gasteiger partial charge in [-0.2, -0.15) is 0 Å². The fourth-order valence-electron chi connectivity index (χ4n) is 1.74. The topological polar surface area (TPSA) is 21.3 Å². The van der Waals surface area contributed by atoms with Crippen LogP contribution in [-0.2, 0) is 0 Å². The summed E-state index contributed by atoms with van der Waals surface area (Å²) in [7, 11) is 1.69. The predicted octanol–water partition coefficient (Wildman–Crippen LogP) is 3.52. The number of halogens is 1. The lowest BCUT2D eigenvalue weighted by Crippen LogP contribution is -2.21. The zero-order valence-electron chi connectivity index (χ0n) is 9.79. The van der Waals surface area contributed by atoms with Crippen molar-refractivity contribution in [2.24, 2.45) is 5.92 Å². The minimum absolute atomic E-state index is 0.405. The summed E-state index contributed by atoms with van der Waals surface area (Å²) in [5.41, 5.74) is 1.30. The molecule has 0 radical (unpaired) electrons. The van der Waals surface area contributed by atoms with Gasteiger partial charge in [0, 0.05) is 6.04 Å². The fraction of sp³-hybridized carbons (Fsp3) is 0.538. The second-order valence-corrected chi connectivity index (χ2v) is 5.32. The summed E-state index contributed by atoms with van der Waals surface area (Å²) in [5, 5.41) is 3.56. The van der Waals surface area contributed by atoms with Gasteiger partial charge in [0.15, 0.2) is 0 Å². The molecule has 16 heavy (non-hydrogen) atoms. The van der Waals surface area contributed by atoms with Gasteiger partial charge in [-0.15, -0.1) is 0 Å². The molecule has 0 heterocycles. The molecule has 1 aliphatic carbocycles. The smallest absolute Gasteiger partial charge is 0.133 e. The van der Waals surface area contributed by atoms with E-state index in [1.807, 2.05) is 6.07 Å². The Hall–Kier alpha value is -0.540. The number of rotatable bonds is 5. The minimum atomic E-state index is 0.405. The van der Waals surface area contributed by atoms with Gasteiger partial charge in [-0.3, -0.25) is 0 Å². The first-order valence-electron chi connectivity index (χ1n) is 5.77. The van der Waals surface area contributed by atoms with E-state index in [-0.39, 0.29) is 0 Å². The lowest BCUT2D eigenvalue weighted by atomic mass is 10.1. The molecule has 0 bridgehead atoms.